The predicted molar refractivity (Wildman–Crippen MR) is 117 cm³/mol. The van der Waals surface area contributed by atoms with Crippen molar-refractivity contribution < 1.29 is 26.4 Å². The number of sulfonamides is 1. The molecule has 1 fully saturated rings. The Kier molecular flexibility index (Phi) is 5.72. The SMILES string of the molecule is CS(=O)(=O)Nc1ccc(-c2csc(NC(=O)C3CC3c3ccccc3C(F)(F)F)n2)cc1. The number of nitrogens with zero attached hydrogens (tertiary/aromatic N) is 1. The number of amides is 1. The van der Waals surface area contributed by atoms with Crippen LogP contribution in [0.5, 0.6) is 0 Å². The lowest BCUT2D eigenvalue weighted by atomic mass is 10.0. The van der Waals surface area contributed by atoms with Crippen LogP contribution in [0.15, 0.2) is 53.9 Å². The molecule has 2 unspecified atom stereocenters. The van der Waals surface area contributed by atoms with Crippen molar-refractivity contribution >= 4 is 38.1 Å². The first-order valence-corrected chi connectivity index (χ1v) is 12.3. The summed E-state index contributed by atoms with van der Waals surface area (Å²) in [5.41, 5.74) is 1.17. The minimum atomic E-state index is -4.46. The summed E-state index contributed by atoms with van der Waals surface area (Å²) in [6.45, 7) is 0. The Labute approximate surface area is 186 Å². The molecular weight excluding hydrogens is 463 g/mol. The van der Waals surface area contributed by atoms with E-state index in [1.54, 1.807) is 35.7 Å². The number of hydrogen-bond acceptors (Lipinski definition) is 5. The Hall–Kier alpha value is -2.92. The number of halogens is 3. The number of alkyl halides is 3. The van der Waals surface area contributed by atoms with Crippen LogP contribution < -0.4 is 10.0 Å². The Morgan fingerprint density at radius 3 is 2.47 bits per heavy atom. The van der Waals surface area contributed by atoms with E-state index in [9.17, 15) is 26.4 Å². The second-order valence-corrected chi connectivity index (χ2v) is 10.1. The van der Waals surface area contributed by atoms with Gasteiger partial charge in [0.15, 0.2) is 5.13 Å². The molecule has 3 aromatic rings. The van der Waals surface area contributed by atoms with Crippen LogP contribution in [0.2, 0.25) is 0 Å². The van der Waals surface area contributed by atoms with Crippen molar-refractivity contribution in [1.29, 1.82) is 0 Å². The molecule has 1 aliphatic rings. The number of anilines is 2. The molecule has 6 nitrogen and oxygen atoms in total. The van der Waals surface area contributed by atoms with Gasteiger partial charge in [0.2, 0.25) is 15.9 Å². The van der Waals surface area contributed by atoms with Crippen LogP contribution in [-0.2, 0) is 21.0 Å². The molecule has 2 N–H and O–H groups in total. The summed E-state index contributed by atoms with van der Waals surface area (Å²) in [7, 11) is -3.38. The van der Waals surface area contributed by atoms with E-state index in [1.807, 2.05) is 0 Å². The lowest BCUT2D eigenvalue weighted by Gasteiger charge is -2.12. The van der Waals surface area contributed by atoms with Crippen LogP contribution in [0.4, 0.5) is 24.0 Å². The molecule has 0 radical (unpaired) electrons. The van der Waals surface area contributed by atoms with Gasteiger partial charge in [-0.25, -0.2) is 13.4 Å². The standard InChI is InChI=1S/C21H18F3N3O3S2/c1-32(29,30)27-13-8-6-12(7-9-13)18-11-31-20(25-18)26-19(28)16-10-15(16)14-4-2-3-5-17(14)21(22,23)24/h2-9,11,15-16,27H,10H2,1H3,(H,25,26,28). The third kappa shape index (κ3) is 5.10. The summed E-state index contributed by atoms with van der Waals surface area (Å²) in [6, 6.07) is 11.9. The fourth-order valence-corrected chi connectivity index (χ4v) is 4.78. The number of benzene rings is 2. The van der Waals surface area contributed by atoms with Crippen molar-refractivity contribution in [3.63, 3.8) is 0 Å². The van der Waals surface area contributed by atoms with Gasteiger partial charge >= 0.3 is 6.18 Å². The quantitative estimate of drug-likeness (QED) is 0.522. The molecule has 1 aromatic heterocycles. The maximum Gasteiger partial charge on any atom is 0.416 e. The molecule has 32 heavy (non-hydrogen) atoms. The van der Waals surface area contributed by atoms with Crippen LogP contribution in [0, 0.1) is 5.92 Å². The summed E-state index contributed by atoms with van der Waals surface area (Å²) in [5, 5.41) is 4.77. The van der Waals surface area contributed by atoms with Gasteiger partial charge in [0.1, 0.15) is 0 Å². The molecule has 1 saturated carbocycles. The zero-order chi connectivity index (χ0) is 23.1. The zero-order valence-electron chi connectivity index (χ0n) is 16.7. The fraction of sp³-hybridized carbons (Fsp3) is 0.238. The molecule has 2 atom stereocenters. The van der Waals surface area contributed by atoms with Crippen LogP contribution in [0.25, 0.3) is 11.3 Å². The molecular formula is C21H18F3N3O3S2. The van der Waals surface area contributed by atoms with E-state index in [1.165, 1.54) is 23.5 Å². The molecule has 0 spiro atoms. The molecule has 1 aliphatic carbocycles. The summed E-state index contributed by atoms with van der Waals surface area (Å²) >= 11 is 1.20. The minimum Gasteiger partial charge on any atom is -0.302 e. The van der Waals surface area contributed by atoms with Gasteiger partial charge < -0.3 is 5.32 Å². The minimum absolute atomic E-state index is 0.141. The van der Waals surface area contributed by atoms with Gasteiger partial charge in [-0.05, 0) is 36.1 Å². The summed E-state index contributed by atoms with van der Waals surface area (Å²) in [4.78, 5) is 16.9. The molecule has 0 saturated heterocycles. The highest BCUT2D eigenvalue weighted by atomic mass is 32.2. The topological polar surface area (TPSA) is 88.2 Å². The van der Waals surface area contributed by atoms with Gasteiger partial charge in [0.05, 0.1) is 17.5 Å². The number of thiazole rings is 1. The van der Waals surface area contributed by atoms with Gasteiger partial charge in [-0.2, -0.15) is 13.2 Å². The Bertz CT molecular complexity index is 1260. The van der Waals surface area contributed by atoms with Gasteiger partial charge in [-0.1, -0.05) is 30.3 Å². The number of carbonyl (C=O) groups excluding carboxylic acids is 1. The van der Waals surface area contributed by atoms with E-state index >= 15 is 0 Å². The molecule has 11 heteroatoms. The Morgan fingerprint density at radius 2 is 1.81 bits per heavy atom. The van der Waals surface area contributed by atoms with E-state index in [0.717, 1.165) is 17.9 Å². The smallest absolute Gasteiger partial charge is 0.302 e. The zero-order valence-corrected chi connectivity index (χ0v) is 18.3. The van der Waals surface area contributed by atoms with Crippen molar-refractivity contribution in [2.45, 2.75) is 18.5 Å². The average Bonchev–Trinajstić information content (AvgIpc) is 3.39. The maximum absolute atomic E-state index is 13.2. The maximum atomic E-state index is 13.2. The van der Waals surface area contributed by atoms with Crippen molar-refractivity contribution in [2.75, 3.05) is 16.3 Å². The van der Waals surface area contributed by atoms with Crippen molar-refractivity contribution in [3.8, 4) is 11.3 Å². The van der Waals surface area contributed by atoms with Gasteiger partial charge in [0, 0.05) is 22.5 Å². The third-order valence-electron chi connectivity index (χ3n) is 5.01. The number of rotatable bonds is 6. The van der Waals surface area contributed by atoms with E-state index in [-0.39, 0.29) is 11.5 Å². The van der Waals surface area contributed by atoms with Gasteiger partial charge in [0.25, 0.3) is 0 Å². The lowest BCUT2D eigenvalue weighted by molar-refractivity contribution is -0.138. The average molecular weight is 482 g/mol. The molecule has 1 amide bonds. The number of aromatic nitrogens is 1. The first kappa shape index (κ1) is 22.3. The van der Waals surface area contributed by atoms with Crippen LogP contribution in [0.1, 0.15) is 23.5 Å². The highest BCUT2D eigenvalue weighted by Crippen LogP contribution is 2.51. The second kappa shape index (κ2) is 8.21. The number of nitrogens with one attached hydrogen (secondary N) is 2. The van der Waals surface area contributed by atoms with Crippen molar-refractivity contribution in [2.24, 2.45) is 5.92 Å². The fourth-order valence-electron chi connectivity index (χ4n) is 3.49. The van der Waals surface area contributed by atoms with Crippen molar-refractivity contribution in [3.05, 3.63) is 65.0 Å². The van der Waals surface area contributed by atoms with Crippen LogP contribution in [-0.4, -0.2) is 25.6 Å². The van der Waals surface area contributed by atoms with Crippen LogP contribution >= 0.6 is 11.3 Å². The van der Waals surface area contributed by atoms with Gasteiger partial charge in [-0.15, -0.1) is 11.3 Å². The van der Waals surface area contributed by atoms with E-state index in [2.05, 4.69) is 15.0 Å². The van der Waals surface area contributed by atoms with E-state index < -0.39 is 33.6 Å². The first-order valence-electron chi connectivity index (χ1n) is 9.52. The van der Waals surface area contributed by atoms with Gasteiger partial charge in [-0.3, -0.25) is 9.52 Å². The van der Waals surface area contributed by atoms with E-state index in [4.69, 9.17) is 0 Å². The molecule has 0 bridgehead atoms. The largest absolute Gasteiger partial charge is 0.416 e. The monoisotopic (exact) mass is 481 g/mol. The molecule has 2 aromatic carbocycles. The molecule has 168 valence electrons. The highest BCUT2D eigenvalue weighted by molar-refractivity contribution is 7.92. The normalized spacial score (nSPS) is 18.2. The summed E-state index contributed by atoms with van der Waals surface area (Å²) in [5.74, 6) is -1.37. The molecule has 1 heterocycles. The summed E-state index contributed by atoms with van der Waals surface area (Å²) in [6.07, 6.45) is -3.05. The number of hydrogen-bond donors (Lipinski definition) is 2. The van der Waals surface area contributed by atoms with Crippen molar-refractivity contribution in [1.82, 2.24) is 4.98 Å². The molecule has 4 rings (SSSR count). The first-order chi connectivity index (χ1) is 15.0. The second-order valence-electron chi connectivity index (χ2n) is 7.51. The Balaban J connectivity index is 1.41. The lowest BCUT2D eigenvalue weighted by Crippen LogP contribution is -2.15. The van der Waals surface area contributed by atoms with Crippen LogP contribution in [0.3, 0.4) is 0 Å². The predicted octanol–water partition coefficient (Wildman–Crippen LogP) is 4.94. The summed E-state index contributed by atoms with van der Waals surface area (Å²) < 4.78 is 64.7. The third-order valence-corrected chi connectivity index (χ3v) is 6.38. The molecule has 0 aliphatic heterocycles. The Morgan fingerprint density at radius 1 is 1.12 bits per heavy atom. The number of carbonyl (C=O) groups is 1. The van der Waals surface area contributed by atoms with E-state index in [0.29, 0.717) is 22.9 Å². The highest BCUT2D eigenvalue weighted by Gasteiger charge is 2.48.